The molecule has 1 heterocycles. The van der Waals surface area contributed by atoms with Crippen molar-refractivity contribution < 1.29 is 9.18 Å². The van der Waals surface area contributed by atoms with Gasteiger partial charge in [-0.15, -0.1) is 0 Å². The molecule has 0 radical (unpaired) electrons. The van der Waals surface area contributed by atoms with Gasteiger partial charge in [0.2, 0.25) is 5.91 Å². The van der Waals surface area contributed by atoms with Gasteiger partial charge in [-0.1, -0.05) is 35.9 Å². The van der Waals surface area contributed by atoms with E-state index in [9.17, 15) is 9.18 Å². The van der Waals surface area contributed by atoms with Gasteiger partial charge in [0.1, 0.15) is 5.82 Å². The van der Waals surface area contributed by atoms with Crippen LogP contribution in [-0.4, -0.2) is 25.0 Å². The Labute approximate surface area is 152 Å². The van der Waals surface area contributed by atoms with Crippen LogP contribution in [0.4, 0.5) is 10.1 Å². The summed E-state index contributed by atoms with van der Waals surface area (Å²) in [5.74, 6) is -0.445. The molecule has 1 unspecified atom stereocenters. The van der Waals surface area contributed by atoms with E-state index in [1.54, 1.807) is 6.07 Å². The standard InChI is InChI=1S/C20H22ClFN2O/c21-18-10-8-15(13-19(18)22)9-11-20(25)23-14-17-7-4-12-24(17)16-5-2-1-3-6-16/h1-3,5-6,8,10,13,17H,4,7,9,11-12,14H2,(H,23,25). The summed E-state index contributed by atoms with van der Waals surface area (Å²) >= 11 is 5.67. The fourth-order valence-corrected chi connectivity index (χ4v) is 3.40. The quantitative estimate of drug-likeness (QED) is 0.837. The SMILES string of the molecule is O=C(CCc1ccc(Cl)c(F)c1)NCC1CCCN1c1ccccc1. The van der Waals surface area contributed by atoms with Crippen LogP contribution >= 0.6 is 11.6 Å². The first-order chi connectivity index (χ1) is 12.1. The van der Waals surface area contributed by atoms with Crippen molar-refractivity contribution in [3.8, 4) is 0 Å². The van der Waals surface area contributed by atoms with Crippen molar-refractivity contribution in [1.29, 1.82) is 0 Å². The van der Waals surface area contributed by atoms with Gasteiger partial charge in [0, 0.05) is 31.2 Å². The van der Waals surface area contributed by atoms with Gasteiger partial charge < -0.3 is 10.2 Å². The predicted molar refractivity (Wildman–Crippen MR) is 99.6 cm³/mol. The van der Waals surface area contributed by atoms with E-state index in [0.29, 0.717) is 25.4 Å². The number of amides is 1. The second-order valence-corrected chi connectivity index (χ2v) is 6.78. The van der Waals surface area contributed by atoms with Crippen LogP contribution in [-0.2, 0) is 11.2 Å². The van der Waals surface area contributed by atoms with Crippen molar-refractivity contribution in [2.24, 2.45) is 0 Å². The number of hydrogen-bond acceptors (Lipinski definition) is 2. The van der Waals surface area contributed by atoms with Crippen LogP contribution in [0.25, 0.3) is 0 Å². The number of halogens is 2. The Bertz CT molecular complexity index is 723. The van der Waals surface area contributed by atoms with Gasteiger partial charge in [-0.2, -0.15) is 0 Å². The average molecular weight is 361 g/mol. The zero-order valence-corrected chi connectivity index (χ0v) is 14.8. The number of aryl methyl sites for hydroxylation is 1. The Morgan fingerprint density at radius 2 is 2.04 bits per heavy atom. The molecule has 1 amide bonds. The van der Waals surface area contributed by atoms with Crippen molar-refractivity contribution in [2.75, 3.05) is 18.0 Å². The van der Waals surface area contributed by atoms with E-state index in [1.165, 1.54) is 17.8 Å². The molecule has 3 rings (SSSR count). The van der Waals surface area contributed by atoms with Gasteiger partial charge in [0.25, 0.3) is 0 Å². The molecule has 2 aromatic carbocycles. The van der Waals surface area contributed by atoms with E-state index in [-0.39, 0.29) is 10.9 Å². The van der Waals surface area contributed by atoms with Crippen LogP contribution in [0.3, 0.4) is 0 Å². The van der Waals surface area contributed by atoms with E-state index < -0.39 is 5.82 Å². The maximum Gasteiger partial charge on any atom is 0.220 e. The molecule has 0 bridgehead atoms. The number of nitrogens with zero attached hydrogens (tertiary/aromatic N) is 1. The molecule has 1 saturated heterocycles. The van der Waals surface area contributed by atoms with Crippen LogP contribution in [0.2, 0.25) is 5.02 Å². The summed E-state index contributed by atoms with van der Waals surface area (Å²) in [6, 6.07) is 15.3. The molecule has 0 aromatic heterocycles. The van der Waals surface area contributed by atoms with Gasteiger partial charge in [0.15, 0.2) is 0 Å². The second kappa shape index (κ2) is 8.34. The molecule has 0 aliphatic carbocycles. The summed E-state index contributed by atoms with van der Waals surface area (Å²) in [5.41, 5.74) is 1.99. The third-order valence-corrected chi connectivity index (χ3v) is 4.93. The van der Waals surface area contributed by atoms with E-state index in [0.717, 1.165) is 24.9 Å². The molecular weight excluding hydrogens is 339 g/mol. The highest BCUT2D eigenvalue weighted by Crippen LogP contribution is 2.24. The van der Waals surface area contributed by atoms with Crippen molar-refractivity contribution in [3.63, 3.8) is 0 Å². The molecule has 1 aliphatic rings. The number of rotatable bonds is 6. The summed E-state index contributed by atoms with van der Waals surface area (Å²) in [4.78, 5) is 14.5. The molecule has 25 heavy (non-hydrogen) atoms. The van der Waals surface area contributed by atoms with Gasteiger partial charge >= 0.3 is 0 Å². The van der Waals surface area contributed by atoms with E-state index in [2.05, 4.69) is 22.3 Å². The Balaban J connectivity index is 1.47. The molecule has 1 fully saturated rings. The third-order valence-electron chi connectivity index (χ3n) is 4.62. The van der Waals surface area contributed by atoms with Crippen LogP contribution in [0.1, 0.15) is 24.8 Å². The lowest BCUT2D eigenvalue weighted by atomic mass is 10.1. The first kappa shape index (κ1) is 17.7. The number of hydrogen-bond donors (Lipinski definition) is 1. The third kappa shape index (κ3) is 4.73. The molecule has 0 saturated carbocycles. The van der Waals surface area contributed by atoms with Gasteiger partial charge in [-0.05, 0) is 49.1 Å². The molecule has 5 heteroatoms. The summed E-state index contributed by atoms with van der Waals surface area (Å²) < 4.78 is 13.4. The summed E-state index contributed by atoms with van der Waals surface area (Å²) in [6.45, 7) is 1.66. The highest BCUT2D eigenvalue weighted by molar-refractivity contribution is 6.30. The topological polar surface area (TPSA) is 32.3 Å². The van der Waals surface area contributed by atoms with E-state index in [1.807, 2.05) is 18.2 Å². The normalized spacial score (nSPS) is 16.9. The Hall–Kier alpha value is -2.07. The Morgan fingerprint density at radius 3 is 2.80 bits per heavy atom. The molecule has 1 atom stereocenters. The minimum Gasteiger partial charge on any atom is -0.367 e. The van der Waals surface area contributed by atoms with Crippen molar-refractivity contribution in [2.45, 2.75) is 31.7 Å². The molecule has 1 N–H and O–H groups in total. The first-order valence-electron chi connectivity index (χ1n) is 8.66. The van der Waals surface area contributed by atoms with Gasteiger partial charge in [0.05, 0.1) is 5.02 Å². The second-order valence-electron chi connectivity index (χ2n) is 6.38. The highest BCUT2D eigenvalue weighted by Gasteiger charge is 2.24. The zero-order valence-electron chi connectivity index (χ0n) is 14.1. The minimum atomic E-state index is -0.441. The monoisotopic (exact) mass is 360 g/mol. The molecule has 2 aromatic rings. The zero-order chi connectivity index (χ0) is 17.6. The summed E-state index contributed by atoms with van der Waals surface area (Å²) in [7, 11) is 0. The summed E-state index contributed by atoms with van der Waals surface area (Å²) in [5, 5.41) is 3.13. The lowest BCUT2D eigenvalue weighted by Crippen LogP contribution is -2.40. The first-order valence-corrected chi connectivity index (χ1v) is 9.03. The molecule has 1 aliphatic heterocycles. The number of para-hydroxylation sites is 1. The van der Waals surface area contributed by atoms with E-state index in [4.69, 9.17) is 11.6 Å². The fourth-order valence-electron chi connectivity index (χ4n) is 3.28. The van der Waals surface area contributed by atoms with Crippen LogP contribution < -0.4 is 10.2 Å². The Morgan fingerprint density at radius 1 is 1.24 bits per heavy atom. The van der Waals surface area contributed by atoms with Crippen LogP contribution in [0.15, 0.2) is 48.5 Å². The minimum absolute atomic E-state index is 0.00438. The van der Waals surface area contributed by atoms with E-state index >= 15 is 0 Å². The van der Waals surface area contributed by atoms with Crippen LogP contribution in [0, 0.1) is 5.82 Å². The largest absolute Gasteiger partial charge is 0.367 e. The molecule has 3 nitrogen and oxygen atoms in total. The lowest BCUT2D eigenvalue weighted by Gasteiger charge is -2.27. The van der Waals surface area contributed by atoms with Crippen LogP contribution in [0.5, 0.6) is 0 Å². The van der Waals surface area contributed by atoms with Gasteiger partial charge in [-0.25, -0.2) is 4.39 Å². The number of nitrogens with one attached hydrogen (secondary N) is 1. The maximum absolute atomic E-state index is 13.4. The highest BCUT2D eigenvalue weighted by atomic mass is 35.5. The van der Waals surface area contributed by atoms with Gasteiger partial charge in [-0.3, -0.25) is 4.79 Å². The predicted octanol–water partition coefficient (Wildman–Crippen LogP) is 4.20. The number of carbonyl (C=O) groups is 1. The maximum atomic E-state index is 13.4. The smallest absolute Gasteiger partial charge is 0.220 e. The van der Waals surface area contributed by atoms with Crippen molar-refractivity contribution >= 4 is 23.2 Å². The molecular formula is C20H22ClFN2O. The van der Waals surface area contributed by atoms with Crippen molar-refractivity contribution in [1.82, 2.24) is 5.32 Å². The number of anilines is 1. The van der Waals surface area contributed by atoms with Crippen molar-refractivity contribution in [3.05, 3.63) is 64.9 Å². The lowest BCUT2D eigenvalue weighted by molar-refractivity contribution is -0.121. The Kier molecular flexibility index (Phi) is 5.92. The molecule has 132 valence electrons. The number of carbonyl (C=O) groups excluding carboxylic acids is 1. The molecule has 0 spiro atoms. The number of benzene rings is 2. The summed E-state index contributed by atoms with van der Waals surface area (Å²) in [6.07, 6.45) is 3.07. The average Bonchev–Trinajstić information content (AvgIpc) is 3.10. The fraction of sp³-hybridized carbons (Fsp3) is 0.350.